The molecule has 1 aromatic heterocycles. The fourth-order valence-corrected chi connectivity index (χ4v) is 2.21. The fraction of sp³-hybridized carbons (Fsp3) is 0.0769. The van der Waals surface area contributed by atoms with Gasteiger partial charge in [-0.25, -0.2) is 4.98 Å². The first-order valence-corrected chi connectivity index (χ1v) is 7.35. The molecule has 108 valence electrons. The van der Waals surface area contributed by atoms with E-state index in [9.17, 15) is 14.9 Å². The average molecular weight is 415 g/mol. The number of carbonyl (C=O) groups excluding carboxylic acids is 1. The maximum absolute atomic E-state index is 12.1. The number of carbonyl (C=O) groups is 1. The molecule has 6 nitrogen and oxygen atoms in total. The molecule has 8 heteroatoms. The Kier molecular flexibility index (Phi) is 4.69. The van der Waals surface area contributed by atoms with Crippen molar-refractivity contribution in [2.45, 2.75) is 6.92 Å². The Morgan fingerprint density at radius 2 is 1.90 bits per heavy atom. The van der Waals surface area contributed by atoms with E-state index in [-0.39, 0.29) is 11.3 Å². The zero-order chi connectivity index (χ0) is 15.6. The number of halogens is 2. The summed E-state index contributed by atoms with van der Waals surface area (Å²) in [6, 6.07) is 7.58. The topological polar surface area (TPSA) is 85.1 Å². The van der Waals surface area contributed by atoms with Crippen LogP contribution in [-0.4, -0.2) is 15.8 Å². The highest BCUT2D eigenvalue weighted by atomic mass is 79.9. The molecule has 2 rings (SSSR count). The lowest BCUT2D eigenvalue weighted by Gasteiger charge is -2.06. The van der Waals surface area contributed by atoms with Gasteiger partial charge in [-0.05, 0) is 63.0 Å². The van der Waals surface area contributed by atoms with Crippen molar-refractivity contribution in [2.24, 2.45) is 0 Å². The lowest BCUT2D eigenvalue weighted by Crippen LogP contribution is -2.13. The van der Waals surface area contributed by atoms with Crippen LogP contribution in [0.3, 0.4) is 0 Å². The molecule has 1 amide bonds. The van der Waals surface area contributed by atoms with Crippen LogP contribution < -0.4 is 5.32 Å². The summed E-state index contributed by atoms with van der Waals surface area (Å²) in [6.45, 7) is 1.80. The van der Waals surface area contributed by atoms with E-state index < -0.39 is 10.8 Å². The first kappa shape index (κ1) is 15.6. The van der Waals surface area contributed by atoms with E-state index in [0.717, 1.165) is 10.2 Å². The van der Waals surface area contributed by atoms with Crippen LogP contribution >= 0.6 is 31.9 Å². The van der Waals surface area contributed by atoms with Crippen molar-refractivity contribution in [3.05, 3.63) is 60.6 Å². The van der Waals surface area contributed by atoms with E-state index >= 15 is 0 Å². The van der Waals surface area contributed by atoms with Gasteiger partial charge in [0.1, 0.15) is 5.82 Å². The molecule has 0 aliphatic carbocycles. The average Bonchev–Trinajstić information content (AvgIpc) is 2.43. The number of aryl methyl sites for hydroxylation is 1. The number of aromatic nitrogens is 1. The molecule has 0 spiro atoms. The number of rotatable bonds is 3. The molecule has 0 saturated carbocycles. The van der Waals surface area contributed by atoms with E-state index in [1.165, 1.54) is 18.2 Å². The van der Waals surface area contributed by atoms with Crippen molar-refractivity contribution < 1.29 is 9.72 Å². The number of amides is 1. The van der Waals surface area contributed by atoms with Gasteiger partial charge in [-0.2, -0.15) is 0 Å². The Bertz CT molecular complexity index is 735. The SMILES string of the molecule is Cc1nc(NC(=O)c2ccc(Br)c([N+](=O)[O-])c2)ccc1Br. The Hall–Kier alpha value is -1.80. The summed E-state index contributed by atoms with van der Waals surface area (Å²) in [5.41, 5.74) is 0.754. The minimum absolute atomic E-state index is 0.164. The van der Waals surface area contributed by atoms with Crippen LogP contribution in [0.2, 0.25) is 0 Å². The summed E-state index contributed by atoms with van der Waals surface area (Å²) in [4.78, 5) is 26.6. The molecule has 0 radical (unpaired) electrons. The molecule has 2 aromatic rings. The first-order valence-electron chi connectivity index (χ1n) is 5.77. The Balaban J connectivity index is 2.26. The monoisotopic (exact) mass is 413 g/mol. The van der Waals surface area contributed by atoms with Crippen LogP contribution in [0.15, 0.2) is 39.3 Å². The third kappa shape index (κ3) is 3.64. The molecule has 0 unspecified atom stereocenters. The minimum Gasteiger partial charge on any atom is -0.307 e. The third-order valence-electron chi connectivity index (χ3n) is 2.67. The van der Waals surface area contributed by atoms with Crippen LogP contribution in [0.25, 0.3) is 0 Å². The van der Waals surface area contributed by atoms with Crippen molar-refractivity contribution in [3.63, 3.8) is 0 Å². The number of nitrogens with one attached hydrogen (secondary N) is 1. The lowest BCUT2D eigenvalue weighted by molar-refractivity contribution is -0.385. The normalized spacial score (nSPS) is 10.2. The van der Waals surface area contributed by atoms with Crippen LogP contribution in [-0.2, 0) is 0 Å². The summed E-state index contributed by atoms with van der Waals surface area (Å²) < 4.78 is 1.15. The zero-order valence-electron chi connectivity index (χ0n) is 10.8. The molecule has 0 atom stereocenters. The van der Waals surface area contributed by atoms with Crippen LogP contribution in [0, 0.1) is 17.0 Å². The van der Waals surface area contributed by atoms with Crippen LogP contribution in [0.4, 0.5) is 11.5 Å². The van der Waals surface area contributed by atoms with Gasteiger partial charge in [0, 0.05) is 16.1 Å². The van der Waals surface area contributed by atoms with Crippen molar-refractivity contribution in [1.29, 1.82) is 0 Å². The zero-order valence-corrected chi connectivity index (χ0v) is 13.9. The smallest absolute Gasteiger partial charge is 0.284 e. The highest BCUT2D eigenvalue weighted by Crippen LogP contribution is 2.26. The highest BCUT2D eigenvalue weighted by molar-refractivity contribution is 9.10. The lowest BCUT2D eigenvalue weighted by atomic mass is 10.2. The van der Waals surface area contributed by atoms with Gasteiger partial charge in [0.05, 0.1) is 15.1 Å². The van der Waals surface area contributed by atoms with Crippen molar-refractivity contribution in [3.8, 4) is 0 Å². The summed E-state index contributed by atoms with van der Waals surface area (Å²) in [7, 11) is 0. The van der Waals surface area contributed by atoms with E-state index in [1.807, 2.05) is 0 Å². The van der Waals surface area contributed by atoms with Gasteiger partial charge in [0.2, 0.25) is 0 Å². The summed E-state index contributed by atoms with van der Waals surface area (Å²) >= 11 is 6.39. The maximum atomic E-state index is 12.1. The second kappa shape index (κ2) is 6.31. The quantitative estimate of drug-likeness (QED) is 0.605. The number of pyridine rings is 1. The second-order valence-electron chi connectivity index (χ2n) is 4.14. The summed E-state index contributed by atoms with van der Waals surface area (Å²) in [5.74, 6) is -0.0777. The Morgan fingerprint density at radius 1 is 1.24 bits per heavy atom. The summed E-state index contributed by atoms with van der Waals surface area (Å²) in [6.07, 6.45) is 0. The molecular weight excluding hydrogens is 406 g/mol. The standard InChI is InChI=1S/C13H9Br2N3O3/c1-7-9(14)4-5-12(16-7)17-13(19)8-2-3-10(15)11(6-8)18(20)21/h2-6H,1H3,(H,16,17,19). The third-order valence-corrected chi connectivity index (χ3v) is 4.18. The fourth-order valence-electron chi connectivity index (χ4n) is 1.60. The molecule has 0 fully saturated rings. The number of benzene rings is 1. The number of nitro benzene ring substituents is 1. The van der Waals surface area contributed by atoms with Crippen LogP contribution in [0.1, 0.15) is 16.1 Å². The second-order valence-corrected chi connectivity index (χ2v) is 5.85. The van der Waals surface area contributed by atoms with Gasteiger partial charge in [-0.15, -0.1) is 0 Å². The van der Waals surface area contributed by atoms with Crippen molar-refractivity contribution in [1.82, 2.24) is 4.98 Å². The number of hydrogen-bond donors (Lipinski definition) is 1. The molecule has 1 heterocycles. The van der Waals surface area contributed by atoms with Gasteiger partial charge in [-0.3, -0.25) is 14.9 Å². The van der Waals surface area contributed by atoms with Gasteiger partial charge in [-0.1, -0.05) is 0 Å². The number of nitrogens with zero attached hydrogens (tertiary/aromatic N) is 2. The Labute approximate surface area is 137 Å². The molecule has 21 heavy (non-hydrogen) atoms. The number of hydrogen-bond acceptors (Lipinski definition) is 4. The number of nitro groups is 1. The van der Waals surface area contributed by atoms with E-state index in [0.29, 0.717) is 10.3 Å². The molecule has 1 N–H and O–H groups in total. The van der Waals surface area contributed by atoms with Gasteiger partial charge in [0.15, 0.2) is 0 Å². The van der Waals surface area contributed by atoms with Crippen molar-refractivity contribution >= 4 is 49.3 Å². The maximum Gasteiger partial charge on any atom is 0.284 e. The van der Waals surface area contributed by atoms with Gasteiger partial charge >= 0.3 is 0 Å². The highest BCUT2D eigenvalue weighted by Gasteiger charge is 2.16. The molecular formula is C13H9Br2N3O3. The van der Waals surface area contributed by atoms with Gasteiger partial charge < -0.3 is 5.32 Å². The molecule has 0 aliphatic rings. The van der Waals surface area contributed by atoms with Gasteiger partial charge in [0.25, 0.3) is 11.6 Å². The van der Waals surface area contributed by atoms with Crippen molar-refractivity contribution in [2.75, 3.05) is 5.32 Å². The minimum atomic E-state index is -0.553. The predicted octanol–water partition coefficient (Wildman–Crippen LogP) is 4.08. The summed E-state index contributed by atoms with van der Waals surface area (Å²) in [5, 5.41) is 13.5. The van der Waals surface area contributed by atoms with Crippen LogP contribution in [0.5, 0.6) is 0 Å². The molecule has 0 saturated heterocycles. The molecule has 1 aromatic carbocycles. The molecule has 0 aliphatic heterocycles. The number of anilines is 1. The van der Waals surface area contributed by atoms with E-state index in [1.54, 1.807) is 19.1 Å². The van der Waals surface area contributed by atoms with E-state index in [2.05, 4.69) is 42.2 Å². The largest absolute Gasteiger partial charge is 0.307 e. The Morgan fingerprint density at radius 3 is 2.52 bits per heavy atom. The molecule has 0 bridgehead atoms. The van der Waals surface area contributed by atoms with E-state index in [4.69, 9.17) is 0 Å². The predicted molar refractivity (Wildman–Crippen MR) is 85.4 cm³/mol. The first-order chi connectivity index (χ1) is 9.88.